The molecule has 5 rings (SSSR count). The minimum atomic E-state index is 0.527. The Labute approximate surface area is 235 Å². The molecular weight excluding hydrogens is 498 g/mol. The molecule has 1 heterocycles. The van der Waals surface area contributed by atoms with Gasteiger partial charge in [0.15, 0.2) is 17.5 Å². The molecule has 3 nitrogen and oxygen atoms in total. The lowest BCUT2D eigenvalue weighted by molar-refractivity contribution is 1.04. The van der Waals surface area contributed by atoms with Crippen molar-refractivity contribution in [1.82, 2.24) is 15.0 Å². The number of benzene rings is 3. The molecule has 0 N–H and O–H groups in total. The summed E-state index contributed by atoms with van der Waals surface area (Å²) < 4.78 is 0. The van der Waals surface area contributed by atoms with E-state index in [4.69, 9.17) is 26.6 Å². The number of rotatable bonds is 7. The third-order valence-electron chi connectivity index (χ3n) is 6.40. The highest BCUT2D eigenvalue weighted by Crippen LogP contribution is 2.35. The minimum Gasteiger partial charge on any atom is -0.208 e. The van der Waals surface area contributed by atoms with Gasteiger partial charge in [-0.2, -0.15) is 0 Å². The van der Waals surface area contributed by atoms with Crippen molar-refractivity contribution in [3.05, 3.63) is 144 Å². The Morgan fingerprint density at radius 2 is 1.62 bits per heavy atom. The SMILES string of the molecule is C=C(C)/C=C\C(=C/C)c1nc(-c2ccc(C3=CC=C=CC3)c(-c3ccccc3)c2)nc(-c2ccccc2Cl)n1. The van der Waals surface area contributed by atoms with E-state index < -0.39 is 0 Å². The summed E-state index contributed by atoms with van der Waals surface area (Å²) in [4.78, 5) is 14.7. The van der Waals surface area contributed by atoms with Gasteiger partial charge in [-0.05, 0) is 72.9 Å². The molecule has 3 aromatic carbocycles. The molecule has 0 bridgehead atoms. The highest BCUT2D eigenvalue weighted by Gasteiger charge is 2.17. The first kappa shape index (κ1) is 26.1. The second-order valence-corrected chi connectivity index (χ2v) is 9.68. The largest absolute Gasteiger partial charge is 0.208 e. The maximum Gasteiger partial charge on any atom is 0.165 e. The van der Waals surface area contributed by atoms with Crippen molar-refractivity contribution in [2.45, 2.75) is 20.3 Å². The molecule has 4 aromatic rings. The Balaban J connectivity index is 1.71. The summed E-state index contributed by atoms with van der Waals surface area (Å²) in [5.41, 5.74) is 11.3. The van der Waals surface area contributed by atoms with Crippen LogP contribution in [0.25, 0.3) is 45.0 Å². The lowest BCUT2D eigenvalue weighted by Gasteiger charge is -2.15. The van der Waals surface area contributed by atoms with Gasteiger partial charge in [0.1, 0.15) is 0 Å². The summed E-state index contributed by atoms with van der Waals surface area (Å²) in [7, 11) is 0. The van der Waals surface area contributed by atoms with Gasteiger partial charge in [0.25, 0.3) is 0 Å². The molecule has 0 unspecified atom stereocenters. The van der Waals surface area contributed by atoms with Gasteiger partial charge in [0.2, 0.25) is 0 Å². The van der Waals surface area contributed by atoms with Crippen molar-refractivity contribution in [3.63, 3.8) is 0 Å². The fourth-order valence-electron chi connectivity index (χ4n) is 4.40. The normalized spacial score (nSPS) is 13.1. The van der Waals surface area contributed by atoms with Crippen LogP contribution in [0.5, 0.6) is 0 Å². The van der Waals surface area contributed by atoms with E-state index in [1.807, 2.05) is 68.5 Å². The lowest BCUT2D eigenvalue weighted by Crippen LogP contribution is -2.03. The quantitative estimate of drug-likeness (QED) is 0.178. The van der Waals surface area contributed by atoms with Crippen LogP contribution in [0, 0.1) is 0 Å². The van der Waals surface area contributed by atoms with Crippen LogP contribution in [0.2, 0.25) is 5.02 Å². The maximum atomic E-state index is 6.58. The van der Waals surface area contributed by atoms with Gasteiger partial charge in [-0.25, -0.2) is 15.0 Å². The van der Waals surface area contributed by atoms with E-state index in [1.165, 1.54) is 11.1 Å². The number of aromatic nitrogens is 3. The van der Waals surface area contributed by atoms with Crippen molar-refractivity contribution in [2.75, 3.05) is 0 Å². The fourth-order valence-corrected chi connectivity index (χ4v) is 4.62. The number of nitrogens with zero attached hydrogens (tertiary/aromatic N) is 3. The summed E-state index contributed by atoms with van der Waals surface area (Å²) in [6.45, 7) is 7.91. The fraction of sp³-hybridized carbons (Fsp3) is 0.0857. The van der Waals surface area contributed by atoms with Crippen LogP contribution < -0.4 is 0 Å². The van der Waals surface area contributed by atoms with E-state index in [-0.39, 0.29) is 0 Å². The van der Waals surface area contributed by atoms with Crippen molar-refractivity contribution in [1.29, 1.82) is 0 Å². The average Bonchev–Trinajstić information content (AvgIpc) is 2.98. The summed E-state index contributed by atoms with van der Waals surface area (Å²) in [5, 5.41) is 0.589. The predicted octanol–water partition coefficient (Wildman–Crippen LogP) is 9.56. The Bertz CT molecular complexity index is 1700. The Morgan fingerprint density at radius 3 is 2.33 bits per heavy atom. The van der Waals surface area contributed by atoms with Crippen LogP contribution in [0.4, 0.5) is 0 Å². The van der Waals surface area contributed by atoms with E-state index in [0.29, 0.717) is 22.5 Å². The van der Waals surface area contributed by atoms with Crippen molar-refractivity contribution >= 4 is 22.7 Å². The predicted molar refractivity (Wildman–Crippen MR) is 164 cm³/mol. The van der Waals surface area contributed by atoms with Crippen LogP contribution in [0.1, 0.15) is 31.7 Å². The van der Waals surface area contributed by atoms with E-state index in [1.54, 1.807) is 0 Å². The van der Waals surface area contributed by atoms with Gasteiger partial charge in [0, 0.05) is 16.7 Å². The smallest absolute Gasteiger partial charge is 0.165 e. The van der Waals surface area contributed by atoms with Gasteiger partial charge >= 0.3 is 0 Å². The molecule has 1 aromatic heterocycles. The van der Waals surface area contributed by atoms with Crippen LogP contribution >= 0.6 is 11.6 Å². The van der Waals surface area contributed by atoms with Crippen LogP contribution in [-0.2, 0) is 0 Å². The standard InChI is InChI=1S/C35H28ClN3/c1-4-25(20-19-24(2)3)33-37-34(39-35(38-33)30-17-11-12-18-32(30)36)28-21-22-29(26-13-7-5-8-14-26)31(23-28)27-15-9-6-10-16-27/h4,6-13,15-23H,2,14H2,1,3H3/b20-19-,25-4+. The van der Waals surface area contributed by atoms with Crippen molar-refractivity contribution in [3.8, 4) is 33.9 Å². The van der Waals surface area contributed by atoms with E-state index >= 15 is 0 Å². The molecule has 0 saturated carbocycles. The Hall–Kier alpha value is -4.56. The first-order chi connectivity index (χ1) is 19.0. The molecule has 0 spiro atoms. The maximum absolute atomic E-state index is 6.58. The molecule has 0 radical (unpaired) electrons. The third kappa shape index (κ3) is 5.97. The molecule has 0 atom stereocenters. The molecule has 4 heteroatoms. The molecular formula is C35H28ClN3. The Morgan fingerprint density at radius 1 is 0.846 bits per heavy atom. The van der Waals surface area contributed by atoms with Gasteiger partial charge in [-0.3, -0.25) is 0 Å². The zero-order valence-corrected chi connectivity index (χ0v) is 22.8. The zero-order valence-electron chi connectivity index (χ0n) is 22.0. The van der Waals surface area contributed by atoms with E-state index in [0.717, 1.165) is 39.8 Å². The third-order valence-corrected chi connectivity index (χ3v) is 6.73. The Kier molecular flexibility index (Phi) is 7.94. The van der Waals surface area contributed by atoms with Crippen molar-refractivity contribution < 1.29 is 0 Å². The van der Waals surface area contributed by atoms with Gasteiger partial charge in [-0.15, -0.1) is 5.73 Å². The van der Waals surface area contributed by atoms with E-state index in [2.05, 4.69) is 66.9 Å². The molecule has 1 aliphatic carbocycles. The molecule has 190 valence electrons. The van der Waals surface area contributed by atoms with Crippen molar-refractivity contribution in [2.24, 2.45) is 0 Å². The van der Waals surface area contributed by atoms with E-state index in [9.17, 15) is 0 Å². The number of halogens is 1. The monoisotopic (exact) mass is 525 g/mol. The van der Waals surface area contributed by atoms with Gasteiger partial charge < -0.3 is 0 Å². The summed E-state index contributed by atoms with van der Waals surface area (Å²) in [5.74, 6) is 1.68. The number of allylic oxidation sites excluding steroid dienone is 8. The summed E-state index contributed by atoms with van der Waals surface area (Å²) in [6, 6.07) is 24.4. The van der Waals surface area contributed by atoms with Crippen LogP contribution in [-0.4, -0.2) is 15.0 Å². The highest BCUT2D eigenvalue weighted by atomic mass is 35.5. The molecule has 0 amide bonds. The van der Waals surface area contributed by atoms with Gasteiger partial charge in [0.05, 0.1) is 5.02 Å². The number of hydrogen-bond acceptors (Lipinski definition) is 3. The first-order valence-corrected chi connectivity index (χ1v) is 13.2. The van der Waals surface area contributed by atoms with Crippen LogP contribution in [0.15, 0.2) is 127 Å². The molecule has 0 fully saturated rings. The van der Waals surface area contributed by atoms with Gasteiger partial charge in [-0.1, -0.05) is 103 Å². The number of hydrogen-bond donors (Lipinski definition) is 0. The first-order valence-electron chi connectivity index (χ1n) is 12.8. The lowest BCUT2D eigenvalue weighted by atomic mass is 9.90. The summed E-state index contributed by atoms with van der Waals surface area (Å²) >= 11 is 6.58. The van der Waals surface area contributed by atoms with Crippen LogP contribution in [0.3, 0.4) is 0 Å². The molecule has 1 aliphatic rings. The molecule has 0 aliphatic heterocycles. The molecule has 39 heavy (non-hydrogen) atoms. The summed E-state index contributed by atoms with van der Waals surface area (Å²) in [6.07, 6.45) is 12.9. The topological polar surface area (TPSA) is 38.7 Å². The second-order valence-electron chi connectivity index (χ2n) is 9.27. The minimum absolute atomic E-state index is 0.527. The molecule has 0 saturated heterocycles. The average molecular weight is 526 g/mol. The highest BCUT2D eigenvalue weighted by molar-refractivity contribution is 6.33. The second kappa shape index (κ2) is 11.9. The zero-order chi connectivity index (χ0) is 27.2.